The van der Waals surface area contributed by atoms with Crippen LogP contribution >= 0.6 is 0 Å². The average Bonchev–Trinajstić information content (AvgIpc) is 2.74. The fourth-order valence-corrected chi connectivity index (χ4v) is 2.12. The van der Waals surface area contributed by atoms with Crippen molar-refractivity contribution in [2.45, 2.75) is 39.7 Å². The zero-order valence-corrected chi connectivity index (χ0v) is 12.0. The van der Waals surface area contributed by atoms with Crippen LogP contribution in [0.25, 0.3) is 11.0 Å². The minimum absolute atomic E-state index is 0.0278. The Morgan fingerprint density at radius 3 is 2.79 bits per heavy atom. The zero-order chi connectivity index (χ0) is 14.0. The molecule has 2 aromatic rings. The van der Waals surface area contributed by atoms with E-state index in [0.29, 0.717) is 5.56 Å². The molecule has 1 aromatic carbocycles. The van der Waals surface area contributed by atoms with Gasteiger partial charge < -0.3 is 9.88 Å². The van der Waals surface area contributed by atoms with Gasteiger partial charge in [0, 0.05) is 25.1 Å². The Labute approximate surface area is 113 Å². The summed E-state index contributed by atoms with van der Waals surface area (Å²) in [4.78, 5) is 16.6. The van der Waals surface area contributed by atoms with Gasteiger partial charge in [-0.25, -0.2) is 4.98 Å². The van der Waals surface area contributed by atoms with Crippen molar-refractivity contribution in [3.8, 4) is 0 Å². The van der Waals surface area contributed by atoms with E-state index >= 15 is 0 Å². The summed E-state index contributed by atoms with van der Waals surface area (Å²) in [6, 6.07) is 5.89. The van der Waals surface area contributed by atoms with Crippen LogP contribution in [-0.2, 0) is 13.5 Å². The van der Waals surface area contributed by atoms with Crippen LogP contribution in [0.5, 0.6) is 0 Å². The highest BCUT2D eigenvalue weighted by Gasteiger charge is 2.12. The van der Waals surface area contributed by atoms with Crippen molar-refractivity contribution < 1.29 is 4.79 Å². The molecule has 4 heteroatoms. The maximum atomic E-state index is 12.1. The number of hydrogen-bond acceptors (Lipinski definition) is 2. The molecule has 2 rings (SSSR count). The van der Waals surface area contributed by atoms with E-state index in [4.69, 9.17) is 0 Å². The van der Waals surface area contributed by atoms with Gasteiger partial charge >= 0.3 is 0 Å². The molecule has 1 aromatic heterocycles. The Morgan fingerprint density at radius 2 is 2.16 bits per heavy atom. The predicted octanol–water partition coefficient (Wildman–Crippen LogP) is 2.66. The molecular weight excluding hydrogens is 238 g/mol. The Morgan fingerprint density at radius 1 is 1.42 bits per heavy atom. The van der Waals surface area contributed by atoms with Crippen LogP contribution < -0.4 is 5.32 Å². The number of hydrogen-bond donors (Lipinski definition) is 1. The Kier molecular flexibility index (Phi) is 3.88. The van der Waals surface area contributed by atoms with Crippen LogP contribution in [0.1, 0.15) is 43.4 Å². The number of carbonyl (C=O) groups is 1. The minimum atomic E-state index is -0.0278. The molecule has 0 aliphatic rings. The Balaban J connectivity index is 2.34. The van der Waals surface area contributed by atoms with Crippen LogP contribution in [0.3, 0.4) is 0 Å². The quantitative estimate of drug-likeness (QED) is 0.917. The normalized spacial score (nSPS) is 12.6. The number of aryl methyl sites for hydroxylation is 2. The molecule has 0 aliphatic carbocycles. The fourth-order valence-electron chi connectivity index (χ4n) is 2.12. The van der Waals surface area contributed by atoms with Gasteiger partial charge in [0.05, 0.1) is 11.0 Å². The van der Waals surface area contributed by atoms with E-state index in [1.54, 1.807) is 0 Å². The summed E-state index contributed by atoms with van der Waals surface area (Å²) >= 11 is 0. The first kappa shape index (κ1) is 13.6. The lowest BCUT2D eigenvalue weighted by molar-refractivity contribution is 0.0939. The number of imidazole rings is 1. The van der Waals surface area contributed by atoms with Gasteiger partial charge in [0.25, 0.3) is 5.91 Å². The molecule has 1 heterocycles. The average molecular weight is 259 g/mol. The zero-order valence-electron chi connectivity index (χ0n) is 12.0. The van der Waals surface area contributed by atoms with Crippen molar-refractivity contribution >= 4 is 16.9 Å². The van der Waals surface area contributed by atoms with E-state index < -0.39 is 0 Å². The first-order chi connectivity index (χ1) is 9.06. The summed E-state index contributed by atoms with van der Waals surface area (Å²) < 4.78 is 2.08. The van der Waals surface area contributed by atoms with Gasteiger partial charge in [-0.05, 0) is 31.5 Å². The highest BCUT2D eigenvalue weighted by molar-refractivity contribution is 5.97. The molecule has 1 unspecified atom stereocenters. The SMILES string of the molecule is CCc1nc2cc(C(=O)NC(C)CC)ccc2n1C. The monoisotopic (exact) mass is 259 g/mol. The Bertz CT molecular complexity index is 601. The maximum absolute atomic E-state index is 12.1. The van der Waals surface area contributed by atoms with Crippen molar-refractivity contribution in [3.63, 3.8) is 0 Å². The maximum Gasteiger partial charge on any atom is 0.251 e. The molecule has 102 valence electrons. The van der Waals surface area contributed by atoms with Crippen LogP contribution in [0, 0.1) is 0 Å². The molecule has 0 saturated heterocycles. The third kappa shape index (κ3) is 2.62. The third-order valence-corrected chi connectivity index (χ3v) is 3.54. The van der Waals surface area contributed by atoms with Crippen molar-refractivity contribution in [1.29, 1.82) is 0 Å². The number of carbonyl (C=O) groups excluding carboxylic acids is 1. The van der Waals surface area contributed by atoms with Gasteiger partial charge in [-0.1, -0.05) is 13.8 Å². The van der Waals surface area contributed by atoms with Gasteiger partial charge in [-0.2, -0.15) is 0 Å². The summed E-state index contributed by atoms with van der Waals surface area (Å²) in [5.74, 6) is 1.01. The molecule has 0 bridgehead atoms. The number of benzene rings is 1. The number of fused-ring (bicyclic) bond motifs is 1. The highest BCUT2D eigenvalue weighted by atomic mass is 16.1. The number of nitrogens with one attached hydrogen (secondary N) is 1. The summed E-state index contributed by atoms with van der Waals surface area (Å²) in [5, 5.41) is 2.97. The van der Waals surface area contributed by atoms with E-state index in [1.807, 2.05) is 32.2 Å². The minimum Gasteiger partial charge on any atom is -0.350 e. The van der Waals surface area contributed by atoms with Crippen LogP contribution in [0.4, 0.5) is 0 Å². The lowest BCUT2D eigenvalue weighted by Crippen LogP contribution is -2.31. The molecule has 1 N–H and O–H groups in total. The molecule has 1 amide bonds. The molecule has 0 fully saturated rings. The molecular formula is C15H21N3O. The number of rotatable bonds is 4. The van der Waals surface area contributed by atoms with Gasteiger partial charge in [0.2, 0.25) is 0 Å². The van der Waals surface area contributed by atoms with Gasteiger partial charge in [0.1, 0.15) is 5.82 Å². The second-order valence-corrected chi connectivity index (χ2v) is 4.93. The summed E-state index contributed by atoms with van der Waals surface area (Å²) in [6.07, 6.45) is 1.82. The molecule has 0 aliphatic heterocycles. The smallest absolute Gasteiger partial charge is 0.251 e. The lowest BCUT2D eigenvalue weighted by atomic mass is 10.1. The molecule has 0 spiro atoms. The molecule has 0 saturated carbocycles. The number of aromatic nitrogens is 2. The summed E-state index contributed by atoms with van der Waals surface area (Å²) in [7, 11) is 2.01. The second-order valence-electron chi connectivity index (χ2n) is 4.93. The first-order valence-corrected chi connectivity index (χ1v) is 6.83. The third-order valence-electron chi connectivity index (χ3n) is 3.54. The number of nitrogens with zero attached hydrogens (tertiary/aromatic N) is 2. The van der Waals surface area contributed by atoms with E-state index in [9.17, 15) is 4.79 Å². The summed E-state index contributed by atoms with van der Waals surface area (Å²) in [6.45, 7) is 6.14. The Hall–Kier alpha value is -1.84. The standard InChI is InChI=1S/C15H21N3O/c1-5-10(3)16-15(19)11-7-8-13-12(9-11)17-14(6-2)18(13)4/h7-10H,5-6H2,1-4H3,(H,16,19). The number of amides is 1. The summed E-state index contributed by atoms with van der Waals surface area (Å²) in [5.41, 5.74) is 2.63. The fraction of sp³-hybridized carbons (Fsp3) is 0.467. The van der Waals surface area contributed by atoms with E-state index in [1.165, 1.54) is 0 Å². The largest absolute Gasteiger partial charge is 0.350 e. The highest BCUT2D eigenvalue weighted by Crippen LogP contribution is 2.17. The van der Waals surface area contributed by atoms with Crippen molar-refractivity contribution in [3.05, 3.63) is 29.6 Å². The molecule has 1 atom stereocenters. The van der Waals surface area contributed by atoms with Gasteiger partial charge in [0.15, 0.2) is 0 Å². The molecule has 19 heavy (non-hydrogen) atoms. The van der Waals surface area contributed by atoms with Crippen molar-refractivity contribution in [1.82, 2.24) is 14.9 Å². The topological polar surface area (TPSA) is 46.9 Å². The van der Waals surface area contributed by atoms with E-state index in [2.05, 4.69) is 28.7 Å². The van der Waals surface area contributed by atoms with Crippen LogP contribution in [-0.4, -0.2) is 21.5 Å². The van der Waals surface area contributed by atoms with Crippen molar-refractivity contribution in [2.24, 2.45) is 7.05 Å². The lowest BCUT2D eigenvalue weighted by Gasteiger charge is -2.11. The van der Waals surface area contributed by atoms with Gasteiger partial charge in [-0.15, -0.1) is 0 Å². The second kappa shape index (κ2) is 5.43. The van der Waals surface area contributed by atoms with Gasteiger partial charge in [-0.3, -0.25) is 4.79 Å². The molecule has 0 radical (unpaired) electrons. The molecule has 4 nitrogen and oxygen atoms in total. The van der Waals surface area contributed by atoms with Crippen LogP contribution in [0.2, 0.25) is 0 Å². The van der Waals surface area contributed by atoms with E-state index in [0.717, 1.165) is 29.7 Å². The first-order valence-electron chi connectivity index (χ1n) is 6.83. The van der Waals surface area contributed by atoms with Crippen LogP contribution in [0.15, 0.2) is 18.2 Å². The predicted molar refractivity (Wildman–Crippen MR) is 77.3 cm³/mol. The van der Waals surface area contributed by atoms with E-state index in [-0.39, 0.29) is 11.9 Å². The van der Waals surface area contributed by atoms with Crippen molar-refractivity contribution in [2.75, 3.05) is 0 Å².